The van der Waals surface area contributed by atoms with Crippen LogP contribution in [-0.4, -0.2) is 0 Å². The van der Waals surface area contributed by atoms with Gasteiger partial charge in [-0.2, -0.15) is 0 Å². The Kier molecular flexibility index (Phi) is 2.50. The zero-order valence-corrected chi connectivity index (χ0v) is 8.54. The normalized spacial score (nSPS) is 18.1. The van der Waals surface area contributed by atoms with Crippen LogP contribution in [0.4, 0.5) is 0 Å². The van der Waals surface area contributed by atoms with Crippen molar-refractivity contribution < 1.29 is 0 Å². The second kappa shape index (κ2) is 3.61. The summed E-state index contributed by atoms with van der Waals surface area (Å²) in [6, 6.07) is 0. The van der Waals surface area contributed by atoms with Gasteiger partial charge in [-0.3, -0.25) is 0 Å². The Balaban J connectivity index is 2.26. The summed E-state index contributed by atoms with van der Waals surface area (Å²) in [5.74, 6) is 0. The average molecular weight is 180 g/mol. The van der Waals surface area contributed by atoms with E-state index in [-0.39, 0.29) is 0 Å². The van der Waals surface area contributed by atoms with E-state index in [1.807, 2.05) is 11.3 Å². The van der Waals surface area contributed by atoms with Crippen LogP contribution in [0.3, 0.4) is 0 Å². The van der Waals surface area contributed by atoms with E-state index in [9.17, 15) is 0 Å². The molecule has 0 saturated heterocycles. The Labute approximate surface area is 78.6 Å². The minimum atomic E-state index is 1.34. The minimum absolute atomic E-state index is 1.34. The molecule has 0 bridgehead atoms. The van der Waals surface area contributed by atoms with Gasteiger partial charge in [-0.1, -0.05) is 12.8 Å². The lowest BCUT2D eigenvalue weighted by molar-refractivity contribution is 0.621. The van der Waals surface area contributed by atoms with E-state index in [1.165, 1.54) is 44.1 Å². The van der Waals surface area contributed by atoms with Crippen LogP contribution in [0.15, 0.2) is 5.38 Å². The number of rotatable bonds is 0. The fraction of sp³-hybridized carbons (Fsp3) is 0.636. The average Bonchev–Trinajstić information content (AvgIpc) is 2.31. The van der Waals surface area contributed by atoms with Crippen LogP contribution in [-0.2, 0) is 12.8 Å². The standard InChI is InChI=1S/C11H16S/c1-9-8-12-11-7-5-3-2-4-6-10(9)11/h8H,2-7H2,1H3. The van der Waals surface area contributed by atoms with Crippen LogP contribution in [0.25, 0.3) is 0 Å². The van der Waals surface area contributed by atoms with Crippen molar-refractivity contribution in [3.63, 3.8) is 0 Å². The number of aryl methyl sites for hydroxylation is 2. The maximum absolute atomic E-state index is 2.33. The molecule has 1 aromatic rings. The molecule has 0 radical (unpaired) electrons. The molecule has 0 aromatic carbocycles. The summed E-state index contributed by atoms with van der Waals surface area (Å²) in [6.07, 6.45) is 8.38. The van der Waals surface area contributed by atoms with Gasteiger partial charge in [0.25, 0.3) is 0 Å². The van der Waals surface area contributed by atoms with Crippen LogP contribution < -0.4 is 0 Å². The first-order valence-corrected chi connectivity index (χ1v) is 5.82. The molecule has 66 valence electrons. The van der Waals surface area contributed by atoms with E-state index in [1.54, 1.807) is 10.4 Å². The Bertz CT molecular complexity index is 260. The lowest BCUT2D eigenvalue weighted by atomic mass is 9.97. The minimum Gasteiger partial charge on any atom is -0.148 e. The van der Waals surface area contributed by atoms with Gasteiger partial charge >= 0.3 is 0 Å². The van der Waals surface area contributed by atoms with E-state index in [0.29, 0.717) is 0 Å². The van der Waals surface area contributed by atoms with Gasteiger partial charge in [0.1, 0.15) is 0 Å². The highest BCUT2D eigenvalue weighted by molar-refractivity contribution is 7.10. The van der Waals surface area contributed by atoms with Gasteiger partial charge in [0.2, 0.25) is 0 Å². The van der Waals surface area contributed by atoms with Crippen molar-refractivity contribution in [1.29, 1.82) is 0 Å². The van der Waals surface area contributed by atoms with Crippen molar-refractivity contribution in [3.05, 3.63) is 21.4 Å². The van der Waals surface area contributed by atoms with E-state index in [2.05, 4.69) is 12.3 Å². The Morgan fingerprint density at radius 3 is 2.67 bits per heavy atom. The molecule has 0 spiro atoms. The van der Waals surface area contributed by atoms with E-state index >= 15 is 0 Å². The van der Waals surface area contributed by atoms with Gasteiger partial charge in [0, 0.05) is 4.88 Å². The van der Waals surface area contributed by atoms with Crippen molar-refractivity contribution in [2.75, 3.05) is 0 Å². The molecular weight excluding hydrogens is 164 g/mol. The van der Waals surface area contributed by atoms with Crippen LogP contribution in [0.1, 0.15) is 41.7 Å². The highest BCUT2D eigenvalue weighted by Crippen LogP contribution is 2.27. The molecule has 1 aliphatic carbocycles. The van der Waals surface area contributed by atoms with Crippen molar-refractivity contribution in [1.82, 2.24) is 0 Å². The predicted molar refractivity (Wildman–Crippen MR) is 54.9 cm³/mol. The van der Waals surface area contributed by atoms with Crippen LogP contribution in [0.2, 0.25) is 0 Å². The molecule has 1 heteroatoms. The second-order valence-corrected chi connectivity index (χ2v) is 4.70. The summed E-state index contributed by atoms with van der Waals surface area (Å²) < 4.78 is 0. The number of thiophene rings is 1. The Morgan fingerprint density at radius 2 is 1.83 bits per heavy atom. The summed E-state index contributed by atoms with van der Waals surface area (Å²) >= 11 is 1.97. The summed E-state index contributed by atoms with van der Waals surface area (Å²) in [7, 11) is 0. The summed E-state index contributed by atoms with van der Waals surface area (Å²) in [6.45, 7) is 2.26. The van der Waals surface area contributed by atoms with Gasteiger partial charge in [-0.15, -0.1) is 11.3 Å². The van der Waals surface area contributed by atoms with Crippen LogP contribution in [0.5, 0.6) is 0 Å². The second-order valence-electron chi connectivity index (χ2n) is 3.73. The molecule has 1 aromatic heterocycles. The molecule has 0 nitrogen and oxygen atoms in total. The van der Waals surface area contributed by atoms with Gasteiger partial charge in [0.15, 0.2) is 0 Å². The van der Waals surface area contributed by atoms with Crippen molar-refractivity contribution in [3.8, 4) is 0 Å². The van der Waals surface area contributed by atoms with Crippen LogP contribution >= 0.6 is 11.3 Å². The fourth-order valence-electron chi connectivity index (χ4n) is 2.01. The first-order valence-electron chi connectivity index (χ1n) is 4.94. The third-order valence-corrected chi connectivity index (χ3v) is 3.98. The molecule has 0 aliphatic heterocycles. The zero-order valence-electron chi connectivity index (χ0n) is 7.73. The first-order chi connectivity index (χ1) is 5.88. The molecular formula is C11H16S. The molecule has 1 aliphatic rings. The molecule has 0 N–H and O–H groups in total. The molecule has 0 fully saturated rings. The van der Waals surface area contributed by atoms with Crippen LogP contribution in [0, 0.1) is 6.92 Å². The summed E-state index contributed by atoms with van der Waals surface area (Å²) in [5, 5.41) is 2.33. The van der Waals surface area contributed by atoms with Gasteiger partial charge < -0.3 is 0 Å². The van der Waals surface area contributed by atoms with Crippen molar-refractivity contribution >= 4 is 11.3 Å². The largest absolute Gasteiger partial charge is 0.148 e. The maximum Gasteiger partial charge on any atom is 0.00799 e. The number of hydrogen-bond acceptors (Lipinski definition) is 1. The molecule has 2 rings (SSSR count). The number of hydrogen-bond donors (Lipinski definition) is 0. The number of fused-ring (bicyclic) bond motifs is 1. The highest BCUT2D eigenvalue weighted by atomic mass is 32.1. The molecule has 0 unspecified atom stereocenters. The predicted octanol–water partition coefficient (Wildman–Crippen LogP) is 3.72. The maximum atomic E-state index is 2.33. The summed E-state index contributed by atoms with van der Waals surface area (Å²) in [5.41, 5.74) is 3.22. The van der Waals surface area contributed by atoms with E-state index in [0.717, 1.165) is 0 Å². The van der Waals surface area contributed by atoms with Crippen molar-refractivity contribution in [2.24, 2.45) is 0 Å². The SMILES string of the molecule is Cc1csc2c1CCCCCC2. The van der Waals surface area contributed by atoms with E-state index < -0.39 is 0 Å². The van der Waals surface area contributed by atoms with Gasteiger partial charge in [0.05, 0.1) is 0 Å². The smallest absolute Gasteiger partial charge is 0.00799 e. The lowest BCUT2D eigenvalue weighted by Crippen LogP contribution is -1.96. The third-order valence-electron chi connectivity index (χ3n) is 2.77. The van der Waals surface area contributed by atoms with Gasteiger partial charge in [-0.25, -0.2) is 0 Å². The quantitative estimate of drug-likeness (QED) is 0.571. The van der Waals surface area contributed by atoms with Gasteiger partial charge in [-0.05, 0) is 49.1 Å². The Morgan fingerprint density at radius 1 is 1.08 bits per heavy atom. The summed E-state index contributed by atoms with van der Waals surface area (Å²) in [4.78, 5) is 1.67. The zero-order chi connectivity index (χ0) is 8.39. The van der Waals surface area contributed by atoms with E-state index in [4.69, 9.17) is 0 Å². The molecule has 0 amide bonds. The Hall–Kier alpha value is -0.300. The molecule has 1 heterocycles. The third kappa shape index (κ3) is 1.56. The molecule has 12 heavy (non-hydrogen) atoms. The monoisotopic (exact) mass is 180 g/mol. The first kappa shape index (κ1) is 8.31. The topological polar surface area (TPSA) is 0 Å². The fourth-order valence-corrected chi connectivity index (χ4v) is 3.14. The van der Waals surface area contributed by atoms with Crippen molar-refractivity contribution in [2.45, 2.75) is 45.4 Å². The highest BCUT2D eigenvalue weighted by Gasteiger charge is 2.10. The molecule has 0 atom stereocenters. The molecule has 0 saturated carbocycles. The lowest BCUT2D eigenvalue weighted by Gasteiger charge is -2.09.